The van der Waals surface area contributed by atoms with Gasteiger partial charge in [0.1, 0.15) is 22.7 Å². The van der Waals surface area contributed by atoms with Crippen LogP contribution in [0.15, 0.2) is 65.8 Å². The lowest BCUT2D eigenvalue weighted by molar-refractivity contribution is 0.0865. The normalized spacial score (nSPS) is 21.8. The number of ether oxygens (including phenoxy) is 1. The summed E-state index contributed by atoms with van der Waals surface area (Å²) in [4.78, 5) is 31.5. The van der Waals surface area contributed by atoms with E-state index in [1.165, 1.54) is 0 Å². The first-order valence-electron chi connectivity index (χ1n) is 16.3. The van der Waals surface area contributed by atoms with Crippen molar-refractivity contribution in [3.8, 4) is 11.8 Å². The summed E-state index contributed by atoms with van der Waals surface area (Å²) in [7, 11) is 0. The van der Waals surface area contributed by atoms with E-state index in [-0.39, 0.29) is 11.4 Å². The highest BCUT2D eigenvalue weighted by Crippen LogP contribution is 2.54. The van der Waals surface area contributed by atoms with Crippen LogP contribution in [0.3, 0.4) is 0 Å². The van der Waals surface area contributed by atoms with E-state index < -0.39 is 11.1 Å². The Balaban J connectivity index is 1.69. The highest BCUT2D eigenvalue weighted by atomic mass is 35.5. The second-order valence-electron chi connectivity index (χ2n) is 13.6. The van der Waals surface area contributed by atoms with E-state index in [2.05, 4.69) is 45.6 Å². The molecule has 8 nitrogen and oxygen atoms in total. The number of carbonyl (C=O) groups excluding carboxylic acids is 1. The lowest BCUT2D eigenvalue weighted by Gasteiger charge is -2.47. The van der Waals surface area contributed by atoms with Crippen LogP contribution in [-0.4, -0.2) is 70.9 Å². The van der Waals surface area contributed by atoms with E-state index in [1.807, 2.05) is 71.3 Å². The van der Waals surface area contributed by atoms with E-state index >= 15 is 4.79 Å². The highest BCUT2D eigenvalue weighted by molar-refractivity contribution is 6.30. The van der Waals surface area contributed by atoms with Gasteiger partial charge in [0, 0.05) is 66.0 Å². The number of carbonyl (C=O) groups is 1. The molecule has 10 heteroatoms. The van der Waals surface area contributed by atoms with Crippen molar-refractivity contribution in [1.82, 2.24) is 19.7 Å². The molecule has 2 atom stereocenters. The third kappa shape index (κ3) is 6.72. The number of rotatable bonds is 8. The van der Waals surface area contributed by atoms with Gasteiger partial charge in [-0.25, -0.2) is 4.79 Å². The van der Waals surface area contributed by atoms with E-state index in [9.17, 15) is 0 Å². The lowest BCUT2D eigenvalue weighted by Crippen LogP contribution is -2.60. The number of halogens is 2. The smallest absolute Gasteiger partial charge is 0.326 e. The monoisotopic (exact) mass is 674 g/mol. The predicted molar refractivity (Wildman–Crippen MR) is 188 cm³/mol. The van der Waals surface area contributed by atoms with Crippen molar-refractivity contribution in [2.75, 3.05) is 39.3 Å². The molecule has 47 heavy (non-hydrogen) atoms. The maximum absolute atomic E-state index is 15.1. The van der Waals surface area contributed by atoms with Crippen LogP contribution in [0.2, 0.25) is 10.0 Å². The molecule has 3 aromatic rings. The molecule has 0 N–H and O–H groups in total. The number of unbranched alkanes of at least 4 members (excludes halogenated alkanes) is 1. The molecule has 3 heterocycles. The van der Waals surface area contributed by atoms with Crippen LogP contribution in [0.5, 0.6) is 5.75 Å². The van der Waals surface area contributed by atoms with Gasteiger partial charge in [-0.15, -0.1) is 0 Å². The summed E-state index contributed by atoms with van der Waals surface area (Å²) in [6, 6.07) is 19.4. The Morgan fingerprint density at radius 1 is 0.979 bits per heavy atom. The van der Waals surface area contributed by atoms with Crippen LogP contribution in [0.4, 0.5) is 4.79 Å². The molecule has 0 bridgehead atoms. The molecule has 2 aromatic carbocycles. The minimum atomic E-state index is -0.992. The number of amides is 2. The third-order valence-electron chi connectivity index (χ3n) is 9.52. The molecule has 248 valence electrons. The molecule has 0 aliphatic carbocycles. The third-order valence-corrected chi connectivity index (χ3v) is 10.0. The van der Waals surface area contributed by atoms with Crippen LogP contribution in [0, 0.1) is 11.3 Å². The average Bonchev–Trinajstić information content (AvgIpc) is 3.29. The number of aliphatic imine (C=N–C) groups is 1. The van der Waals surface area contributed by atoms with Crippen molar-refractivity contribution < 1.29 is 9.53 Å². The lowest BCUT2D eigenvalue weighted by atomic mass is 9.71. The van der Waals surface area contributed by atoms with Crippen molar-refractivity contribution >= 4 is 35.1 Å². The molecular formula is C37H44Cl2N6O2. The molecule has 1 saturated heterocycles. The summed E-state index contributed by atoms with van der Waals surface area (Å²) in [6.07, 6.45) is 3.15. The number of benzene rings is 2. The second kappa shape index (κ2) is 13.8. The molecule has 0 unspecified atom stereocenters. The molecule has 0 spiro atoms. The second-order valence-corrected chi connectivity index (χ2v) is 14.4. The van der Waals surface area contributed by atoms with Crippen LogP contribution in [0.25, 0.3) is 0 Å². The maximum Gasteiger partial charge on any atom is 0.326 e. The van der Waals surface area contributed by atoms with Crippen LogP contribution in [0.1, 0.15) is 76.8 Å². The minimum Gasteiger partial charge on any atom is -0.493 e. The molecule has 2 amide bonds. The Bertz CT molecular complexity index is 1660. The SMILES string of the molecule is CCOc1cc(C(C)(C)C)ncc1C1=N[C@@](C)(c2ccc(Cl)cc2)[C@@](C)(c2ccc(Cl)cc2)N1C(=O)N1CCN(CCCC#N)CC1. The number of nitriles is 1. The first-order valence-corrected chi connectivity index (χ1v) is 17.0. The van der Waals surface area contributed by atoms with Crippen molar-refractivity contribution in [3.63, 3.8) is 0 Å². The van der Waals surface area contributed by atoms with E-state index in [0.29, 0.717) is 53.3 Å². The zero-order valence-electron chi connectivity index (χ0n) is 28.2. The Labute approximate surface area is 289 Å². The fourth-order valence-corrected chi connectivity index (χ4v) is 6.80. The van der Waals surface area contributed by atoms with Gasteiger partial charge in [-0.05, 0) is 69.1 Å². The summed E-state index contributed by atoms with van der Waals surface area (Å²) < 4.78 is 6.26. The largest absolute Gasteiger partial charge is 0.493 e. The van der Waals surface area contributed by atoms with Crippen molar-refractivity contribution in [1.29, 1.82) is 5.26 Å². The fourth-order valence-electron chi connectivity index (χ4n) is 6.54. The van der Waals surface area contributed by atoms with Gasteiger partial charge in [0.25, 0.3) is 0 Å². The Hall–Kier alpha value is -3.64. The number of pyridine rings is 1. The quantitative estimate of drug-likeness (QED) is 0.226. The van der Waals surface area contributed by atoms with Crippen LogP contribution >= 0.6 is 23.2 Å². The first kappa shape index (κ1) is 34.7. The topological polar surface area (TPSA) is 85.1 Å². The van der Waals surface area contributed by atoms with Crippen molar-refractivity contribution in [2.45, 2.75) is 70.9 Å². The van der Waals surface area contributed by atoms with Gasteiger partial charge in [-0.3, -0.25) is 19.8 Å². The minimum absolute atomic E-state index is 0.141. The zero-order valence-corrected chi connectivity index (χ0v) is 29.7. The number of amidine groups is 1. The maximum atomic E-state index is 15.1. The molecule has 0 saturated carbocycles. The molecule has 5 rings (SSSR count). The number of aromatic nitrogens is 1. The Morgan fingerprint density at radius 3 is 2.13 bits per heavy atom. The molecule has 1 fully saturated rings. The summed E-state index contributed by atoms with van der Waals surface area (Å²) >= 11 is 12.8. The van der Waals surface area contributed by atoms with Gasteiger partial charge in [-0.1, -0.05) is 68.2 Å². The van der Waals surface area contributed by atoms with Gasteiger partial charge in [0.05, 0.1) is 18.2 Å². The number of hydrogen-bond acceptors (Lipinski definition) is 6. The number of nitrogens with zero attached hydrogens (tertiary/aromatic N) is 6. The molecule has 2 aliphatic heterocycles. The average molecular weight is 676 g/mol. The van der Waals surface area contributed by atoms with Crippen molar-refractivity contribution in [2.24, 2.45) is 4.99 Å². The fraction of sp³-hybridized carbons (Fsp3) is 0.459. The van der Waals surface area contributed by atoms with Gasteiger partial charge in [-0.2, -0.15) is 5.26 Å². The highest BCUT2D eigenvalue weighted by Gasteiger charge is 2.60. The summed E-state index contributed by atoms with van der Waals surface area (Å²) in [5.74, 6) is 1.13. The molecular weight excluding hydrogens is 631 g/mol. The molecule has 0 radical (unpaired) electrons. The number of piperazine rings is 1. The number of hydrogen-bond donors (Lipinski definition) is 0. The van der Waals surface area contributed by atoms with Gasteiger partial charge >= 0.3 is 6.03 Å². The van der Waals surface area contributed by atoms with Gasteiger partial charge in [0.2, 0.25) is 0 Å². The predicted octanol–water partition coefficient (Wildman–Crippen LogP) is 8.02. The van der Waals surface area contributed by atoms with Crippen LogP contribution < -0.4 is 4.74 Å². The Morgan fingerprint density at radius 2 is 1.57 bits per heavy atom. The molecule has 2 aliphatic rings. The van der Waals surface area contributed by atoms with E-state index in [4.69, 9.17) is 43.2 Å². The standard InChI is InChI=1S/C37H44Cl2N6O2/c1-7-47-31-24-32(35(2,3)4)41-25-30(31)33-42-36(5,26-10-14-28(38)15-11-26)37(6,27-12-16-29(39)17-13-27)45(33)34(46)44-22-20-43(21-23-44)19-9-8-18-40/h10-17,24-25H,7-9,19-23H2,1-6H3/t36-,37+/m0/s1. The Kier molecular flexibility index (Phi) is 10.2. The molecule has 1 aromatic heterocycles. The summed E-state index contributed by atoms with van der Waals surface area (Å²) in [5.41, 5.74) is 1.19. The van der Waals surface area contributed by atoms with Gasteiger partial charge in [0.15, 0.2) is 0 Å². The summed E-state index contributed by atoms with van der Waals surface area (Å²) in [6.45, 7) is 16.3. The van der Waals surface area contributed by atoms with Crippen LogP contribution in [-0.2, 0) is 16.5 Å². The van der Waals surface area contributed by atoms with E-state index in [0.717, 1.165) is 42.9 Å². The zero-order chi connectivity index (χ0) is 34.0. The summed E-state index contributed by atoms with van der Waals surface area (Å²) in [5, 5.41) is 10.2. The van der Waals surface area contributed by atoms with Gasteiger partial charge < -0.3 is 9.64 Å². The first-order chi connectivity index (χ1) is 22.3. The number of urea groups is 1. The van der Waals surface area contributed by atoms with E-state index in [1.54, 1.807) is 6.20 Å². The van der Waals surface area contributed by atoms with Crippen molar-refractivity contribution in [3.05, 3.63) is 93.2 Å².